The molecule has 0 bridgehead atoms. The predicted molar refractivity (Wildman–Crippen MR) is 148 cm³/mol. The number of ether oxygens (including phenoxy) is 1. The molecule has 206 valence electrons. The topological polar surface area (TPSA) is 99.3 Å². The number of sulfonamides is 1. The van der Waals surface area contributed by atoms with Crippen molar-refractivity contribution in [1.82, 2.24) is 9.21 Å². The van der Waals surface area contributed by atoms with Gasteiger partial charge < -0.3 is 19.9 Å². The van der Waals surface area contributed by atoms with Gasteiger partial charge in [-0.1, -0.05) is 32.9 Å². The molecule has 2 aromatic rings. The molecule has 4 rings (SSSR count). The number of para-hydroxylation sites is 2. The Morgan fingerprint density at radius 2 is 1.50 bits per heavy atom. The molecule has 2 aromatic carbocycles. The average molecular weight is 543 g/mol. The summed E-state index contributed by atoms with van der Waals surface area (Å²) in [5.74, 6) is 0.595. The van der Waals surface area contributed by atoms with Crippen molar-refractivity contribution < 1.29 is 22.7 Å². The second-order valence-electron chi connectivity index (χ2n) is 10.9. The molecule has 10 heteroatoms. The molecule has 0 aliphatic carbocycles. The summed E-state index contributed by atoms with van der Waals surface area (Å²) >= 11 is 0. The number of piperazine rings is 1. The molecule has 0 atom stereocenters. The first-order valence-corrected chi connectivity index (χ1v) is 14.5. The largest absolute Gasteiger partial charge is 0.495 e. The Morgan fingerprint density at radius 1 is 0.895 bits per heavy atom. The fraction of sp³-hybridized carbons (Fsp3) is 0.500. The van der Waals surface area contributed by atoms with Gasteiger partial charge in [0.25, 0.3) is 0 Å². The number of carbonyl (C=O) groups is 2. The summed E-state index contributed by atoms with van der Waals surface area (Å²) in [5.41, 5.74) is 1.09. The summed E-state index contributed by atoms with van der Waals surface area (Å²) in [6.07, 6.45) is 1.22. The highest BCUT2D eigenvalue weighted by molar-refractivity contribution is 7.89. The monoisotopic (exact) mass is 542 g/mol. The van der Waals surface area contributed by atoms with Crippen LogP contribution >= 0.6 is 0 Å². The Labute approximate surface area is 225 Å². The third-order valence-electron chi connectivity index (χ3n) is 7.22. The van der Waals surface area contributed by atoms with E-state index in [1.54, 1.807) is 31.4 Å². The summed E-state index contributed by atoms with van der Waals surface area (Å²) in [6.45, 7) is 8.71. The van der Waals surface area contributed by atoms with E-state index < -0.39 is 15.4 Å². The molecule has 0 aromatic heterocycles. The molecule has 0 spiro atoms. The summed E-state index contributed by atoms with van der Waals surface area (Å²) in [6, 6.07) is 14.1. The second kappa shape index (κ2) is 11.3. The van der Waals surface area contributed by atoms with Crippen LogP contribution in [0.25, 0.3) is 0 Å². The number of nitrogens with one attached hydrogen (secondary N) is 1. The molecular formula is C28H38N4O5S. The molecule has 9 nitrogen and oxygen atoms in total. The molecule has 0 saturated carbocycles. The van der Waals surface area contributed by atoms with Crippen LogP contribution in [0.3, 0.4) is 0 Å². The maximum atomic E-state index is 13.3. The van der Waals surface area contributed by atoms with Crippen molar-refractivity contribution in [3.63, 3.8) is 0 Å². The number of hydrogen-bond donors (Lipinski definition) is 1. The van der Waals surface area contributed by atoms with Gasteiger partial charge in [-0.05, 0) is 49.2 Å². The van der Waals surface area contributed by atoms with E-state index in [2.05, 4.69) is 10.2 Å². The van der Waals surface area contributed by atoms with Gasteiger partial charge in [-0.15, -0.1) is 0 Å². The number of benzene rings is 2. The van der Waals surface area contributed by atoms with Crippen molar-refractivity contribution in [1.29, 1.82) is 0 Å². The smallest absolute Gasteiger partial charge is 0.243 e. The zero-order chi connectivity index (χ0) is 27.5. The lowest BCUT2D eigenvalue weighted by Gasteiger charge is -2.36. The Hall–Kier alpha value is -3.11. The molecule has 2 heterocycles. The minimum Gasteiger partial charge on any atom is -0.495 e. The standard InChI is InChI=1S/C28H38N4O5S/c1-28(2,3)27(34)31-15-13-21(14-16-31)26(33)29-22-9-11-23(12-10-22)38(35,36)32-19-17-30(18-20-32)24-7-5-6-8-25(24)37-4/h5-12,21H,13-20H2,1-4H3,(H,29,33). The summed E-state index contributed by atoms with van der Waals surface area (Å²) < 4.78 is 33.5. The lowest BCUT2D eigenvalue weighted by molar-refractivity contribution is -0.142. The van der Waals surface area contributed by atoms with Crippen LogP contribution < -0.4 is 15.0 Å². The van der Waals surface area contributed by atoms with Crippen molar-refractivity contribution in [2.24, 2.45) is 11.3 Å². The number of likely N-dealkylation sites (tertiary alicyclic amines) is 1. The minimum absolute atomic E-state index is 0.101. The Morgan fingerprint density at radius 3 is 2.08 bits per heavy atom. The summed E-state index contributed by atoms with van der Waals surface area (Å²) in [4.78, 5) is 29.5. The number of piperidine rings is 1. The van der Waals surface area contributed by atoms with Gasteiger partial charge in [0, 0.05) is 56.3 Å². The van der Waals surface area contributed by atoms with Gasteiger partial charge >= 0.3 is 0 Å². The van der Waals surface area contributed by atoms with Gasteiger partial charge in [0.1, 0.15) is 5.75 Å². The first kappa shape index (κ1) is 27.9. The van der Waals surface area contributed by atoms with Gasteiger partial charge in [0.15, 0.2) is 0 Å². The zero-order valence-electron chi connectivity index (χ0n) is 22.6. The maximum absolute atomic E-state index is 13.3. The number of rotatable bonds is 6. The molecular weight excluding hydrogens is 504 g/mol. The minimum atomic E-state index is -3.65. The lowest BCUT2D eigenvalue weighted by atomic mass is 9.90. The van der Waals surface area contributed by atoms with E-state index in [0.29, 0.717) is 57.8 Å². The van der Waals surface area contributed by atoms with Gasteiger partial charge in [0.05, 0.1) is 17.7 Å². The first-order chi connectivity index (χ1) is 18.0. The van der Waals surface area contributed by atoms with Crippen molar-refractivity contribution in [2.75, 3.05) is 56.6 Å². The molecule has 2 aliphatic heterocycles. The quantitative estimate of drug-likeness (QED) is 0.601. The van der Waals surface area contributed by atoms with E-state index in [1.165, 1.54) is 4.31 Å². The van der Waals surface area contributed by atoms with Crippen LogP contribution in [0.4, 0.5) is 11.4 Å². The molecule has 2 aliphatic rings. The zero-order valence-corrected chi connectivity index (χ0v) is 23.5. The molecule has 0 unspecified atom stereocenters. The van der Waals surface area contributed by atoms with Gasteiger partial charge in [-0.2, -0.15) is 4.31 Å². The van der Waals surface area contributed by atoms with Crippen LogP contribution in [-0.4, -0.2) is 75.8 Å². The van der Waals surface area contributed by atoms with E-state index in [-0.39, 0.29) is 22.6 Å². The number of amides is 2. The third kappa shape index (κ3) is 6.13. The molecule has 0 radical (unpaired) electrons. The van der Waals surface area contributed by atoms with E-state index >= 15 is 0 Å². The van der Waals surface area contributed by atoms with Crippen molar-refractivity contribution >= 4 is 33.2 Å². The molecule has 38 heavy (non-hydrogen) atoms. The van der Waals surface area contributed by atoms with Gasteiger partial charge in [-0.25, -0.2) is 8.42 Å². The number of anilines is 2. The second-order valence-corrected chi connectivity index (χ2v) is 12.8. The van der Waals surface area contributed by atoms with Crippen LogP contribution in [0.2, 0.25) is 0 Å². The third-order valence-corrected chi connectivity index (χ3v) is 9.13. The fourth-order valence-corrected chi connectivity index (χ4v) is 6.41. The van der Waals surface area contributed by atoms with E-state index in [9.17, 15) is 18.0 Å². The average Bonchev–Trinajstić information content (AvgIpc) is 2.92. The molecule has 2 saturated heterocycles. The molecule has 1 N–H and O–H groups in total. The van der Waals surface area contributed by atoms with E-state index in [0.717, 1.165) is 11.4 Å². The highest BCUT2D eigenvalue weighted by atomic mass is 32.2. The van der Waals surface area contributed by atoms with Crippen LogP contribution in [0.5, 0.6) is 5.75 Å². The lowest BCUT2D eigenvalue weighted by Crippen LogP contribution is -2.48. The Balaban J connectivity index is 1.31. The maximum Gasteiger partial charge on any atom is 0.243 e. The molecule has 2 fully saturated rings. The number of methoxy groups -OCH3 is 1. The van der Waals surface area contributed by atoms with Gasteiger partial charge in [0.2, 0.25) is 21.8 Å². The van der Waals surface area contributed by atoms with Crippen molar-refractivity contribution in [3.8, 4) is 5.75 Å². The van der Waals surface area contributed by atoms with Crippen LogP contribution in [0.1, 0.15) is 33.6 Å². The highest BCUT2D eigenvalue weighted by Gasteiger charge is 2.33. The predicted octanol–water partition coefficient (Wildman–Crippen LogP) is 3.43. The van der Waals surface area contributed by atoms with Crippen LogP contribution in [0, 0.1) is 11.3 Å². The highest BCUT2D eigenvalue weighted by Crippen LogP contribution is 2.30. The van der Waals surface area contributed by atoms with Gasteiger partial charge in [-0.3, -0.25) is 9.59 Å². The van der Waals surface area contributed by atoms with E-state index in [1.807, 2.05) is 49.9 Å². The normalized spacial score (nSPS) is 17.8. The number of nitrogens with zero attached hydrogens (tertiary/aromatic N) is 3. The van der Waals surface area contributed by atoms with Crippen LogP contribution in [-0.2, 0) is 19.6 Å². The Bertz CT molecular complexity index is 1240. The number of hydrogen-bond acceptors (Lipinski definition) is 6. The van der Waals surface area contributed by atoms with Crippen molar-refractivity contribution in [3.05, 3.63) is 48.5 Å². The SMILES string of the molecule is COc1ccccc1N1CCN(S(=O)(=O)c2ccc(NC(=O)C3CCN(C(=O)C(C)(C)C)CC3)cc2)CC1. The first-order valence-electron chi connectivity index (χ1n) is 13.1. The number of carbonyl (C=O) groups excluding carboxylic acids is 2. The molecule has 2 amide bonds. The van der Waals surface area contributed by atoms with Crippen LogP contribution in [0.15, 0.2) is 53.4 Å². The fourth-order valence-electron chi connectivity index (χ4n) is 4.98. The summed E-state index contributed by atoms with van der Waals surface area (Å²) in [7, 11) is -2.02. The summed E-state index contributed by atoms with van der Waals surface area (Å²) in [5, 5.41) is 2.91. The van der Waals surface area contributed by atoms with E-state index in [4.69, 9.17) is 4.74 Å². The van der Waals surface area contributed by atoms with Crippen molar-refractivity contribution in [2.45, 2.75) is 38.5 Å². The Kier molecular flexibility index (Phi) is 8.32.